The van der Waals surface area contributed by atoms with Gasteiger partial charge in [-0.05, 0) is 50.1 Å². The number of rotatable bonds is 3. The van der Waals surface area contributed by atoms with E-state index in [0.29, 0.717) is 11.2 Å². The molecule has 7 heteroatoms. The van der Waals surface area contributed by atoms with Crippen LogP contribution in [0.4, 0.5) is 16.3 Å². The SMILES string of the molecule is CC(C)(C)OC(=O)N(c1ccc(-c2ccccc2)cc1)c1cc(O)c(C#N)c2ccnn12. The van der Waals surface area contributed by atoms with Gasteiger partial charge in [-0.15, -0.1) is 0 Å². The lowest BCUT2D eigenvalue weighted by Crippen LogP contribution is -2.35. The monoisotopic (exact) mass is 426 g/mol. The highest BCUT2D eigenvalue weighted by Crippen LogP contribution is 2.34. The number of amides is 1. The number of nitriles is 1. The van der Waals surface area contributed by atoms with Gasteiger partial charge in [-0.25, -0.2) is 14.2 Å². The Kier molecular flexibility index (Phi) is 5.29. The van der Waals surface area contributed by atoms with Gasteiger partial charge in [0.1, 0.15) is 28.8 Å². The minimum Gasteiger partial charge on any atom is -0.506 e. The fourth-order valence-corrected chi connectivity index (χ4v) is 3.41. The van der Waals surface area contributed by atoms with Gasteiger partial charge in [0.2, 0.25) is 0 Å². The van der Waals surface area contributed by atoms with Gasteiger partial charge < -0.3 is 9.84 Å². The number of pyridine rings is 1. The minimum absolute atomic E-state index is 0.0785. The summed E-state index contributed by atoms with van der Waals surface area (Å²) in [5, 5.41) is 24.2. The van der Waals surface area contributed by atoms with Gasteiger partial charge in [0.15, 0.2) is 0 Å². The molecule has 2 heterocycles. The maximum absolute atomic E-state index is 13.3. The van der Waals surface area contributed by atoms with E-state index in [1.54, 1.807) is 39.0 Å². The summed E-state index contributed by atoms with van der Waals surface area (Å²) in [6.45, 7) is 5.34. The number of hydrogen-bond donors (Lipinski definition) is 1. The topological polar surface area (TPSA) is 90.9 Å². The molecule has 0 bridgehead atoms. The van der Waals surface area contributed by atoms with Crippen LogP contribution in [0, 0.1) is 11.3 Å². The molecule has 0 atom stereocenters. The van der Waals surface area contributed by atoms with Crippen LogP contribution in [0.15, 0.2) is 72.9 Å². The Morgan fingerprint density at radius 1 is 1.06 bits per heavy atom. The lowest BCUT2D eigenvalue weighted by Gasteiger charge is -2.28. The molecule has 32 heavy (non-hydrogen) atoms. The molecule has 1 amide bonds. The van der Waals surface area contributed by atoms with Gasteiger partial charge in [0.25, 0.3) is 0 Å². The Morgan fingerprint density at radius 3 is 2.34 bits per heavy atom. The fourth-order valence-electron chi connectivity index (χ4n) is 3.41. The number of benzene rings is 2. The summed E-state index contributed by atoms with van der Waals surface area (Å²) in [7, 11) is 0. The van der Waals surface area contributed by atoms with E-state index in [1.165, 1.54) is 21.7 Å². The van der Waals surface area contributed by atoms with E-state index in [1.807, 2.05) is 48.5 Å². The maximum atomic E-state index is 13.3. The summed E-state index contributed by atoms with van der Waals surface area (Å²) in [6.07, 6.45) is 0.871. The molecule has 2 aromatic heterocycles. The van der Waals surface area contributed by atoms with Gasteiger partial charge in [-0.1, -0.05) is 42.5 Å². The highest BCUT2D eigenvalue weighted by Gasteiger charge is 2.28. The van der Waals surface area contributed by atoms with Crippen molar-refractivity contribution in [2.45, 2.75) is 26.4 Å². The summed E-state index contributed by atoms with van der Waals surface area (Å²) in [4.78, 5) is 14.6. The summed E-state index contributed by atoms with van der Waals surface area (Å²) < 4.78 is 7.08. The van der Waals surface area contributed by atoms with Crippen LogP contribution in [-0.2, 0) is 4.74 Å². The first-order chi connectivity index (χ1) is 15.3. The van der Waals surface area contributed by atoms with E-state index in [0.717, 1.165) is 11.1 Å². The third kappa shape index (κ3) is 3.98. The van der Waals surface area contributed by atoms with E-state index < -0.39 is 11.7 Å². The lowest BCUT2D eigenvalue weighted by molar-refractivity contribution is 0.0597. The third-order valence-corrected chi connectivity index (χ3v) is 4.79. The molecule has 0 radical (unpaired) electrons. The average Bonchev–Trinajstić information content (AvgIpc) is 3.24. The first-order valence-electron chi connectivity index (χ1n) is 10.1. The van der Waals surface area contributed by atoms with Gasteiger partial charge in [-0.3, -0.25) is 0 Å². The highest BCUT2D eigenvalue weighted by molar-refractivity contribution is 5.96. The second kappa shape index (κ2) is 8.08. The van der Waals surface area contributed by atoms with Crippen LogP contribution in [-0.4, -0.2) is 26.4 Å². The number of anilines is 2. The molecular weight excluding hydrogens is 404 g/mol. The zero-order valence-electron chi connectivity index (χ0n) is 18.0. The number of aromatic nitrogens is 2. The lowest BCUT2D eigenvalue weighted by atomic mass is 10.1. The molecule has 4 rings (SSSR count). The number of nitrogens with zero attached hydrogens (tertiary/aromatic N) is 4. The number of ether oxygens (including phenoxy) is 1. The maximum Gasteiger partial charge on any atom is 0.420 e. The predicted octanol–water partition coefficient (Wildman–Crippen LogP) is 5.65. The summed E-state index contributed by atoms with van der Waals surface area (Å²) in [5.41, 5.74) is 2.29. The second-order valence-electron chi connectivity index (χ2n) is 8.23. The van der Waals surface area contributed by atoms with Crippen LogP contribution in [0.25, 0.3) is 16.6 Å². The number of carbonyl (C=O) groups is 1. The van der Waals surface area contributed by atoms with Crippen molar-refractivity contribution in [2.75, 3.05) is 4.90 Å². The summed E-state index contributed by atoms with van der Waals surface area (Å²) in [5.74, 6) is 0.00757. The number of fused-ring (bicyclic) bond motifs is 1. The highest BCUT2D eigenvalue weighted by atomic mass is 16.6. The molecule has 0 spiro atoms. The van der Waals surface area contributed by atoms with Crippen LogP contribution in [0.2, 0.25) is 0 Å². The van der Waals surface area contributed by atoms with E-state index >= 15 is 0 Å². The number of carbonyl (C=O) groups excluding carboxylic acids is 1. The molecule has 0 aliphatic carbocycles. The van der Waals surface area contributed by atoms with Gasteiger partial charge in [0, 0.05) is 6.07 Å². The number of hydrogen-bond acceptors (Lipinski definition) is 5. The quantitative estimate of drug-likeness (QED) is 0.457. The van der Waals surface area contributed by atoms with Gasteiger partial charge in [0.05, 0.1) is 17.4 Å². The van der Waals surface area contributed by atoms with E-state index in [4.69, 9.17) is 4.74 Å². The molecule has 1 N–H and O–H groups in total. The Balaban J connectivity index is 1.86. The van der Waals surface area contributed by atoms with E-state index in [9.17, 15) is 15.2 Å². The van der Waals surface area contributed by atoms with Crippen molar-refractivity contribution in [1.29, 1.82) is 5.26 Å². The fraction of sp³-hybridized carbons (Fsp3) is 0.160. The first kappa shape index (κ1) is 20.9. The molecule has 0 fully saturated rings. The summed E-state index contributed by atoms with van der Waals surface area (Å²) in [6, 6.07) is 22.2. The van der Waals surface area contributed by atoms with E-state index in [2.05, 4.69) is 5.10 Å². The van der Waals surface area contributed by atoms with Crippen molar-refractivity contribution in [2.24, 2.45) is 0 Å². The zero-order valence-corrected chi connectivity index (χ0v) is 18.0. The molecule has 0 saturated carbocycles. The minimum atomic E-state index is -0.739. The van der Waals surface area contributed by atoms with Gasteiger partial charge >= 0.3 is 6.09 Å². The zero-order chi connectivity index (χ0) is 22.9. The van der Waals surface area contributed by atoms with Crippen molar-refractivity contribution in [3.63, 3.8) is 0 Å². The molecule has 4 aromatic rings. The predicted molar refractivity (Wildman–Crippen MR) is 122 cm³/mol. The molecule has 0 aliphatic heterocycles. The standard InChI is InChI=1S/C25H22N4O3/c1-25(2,3)32-24(31)28(19-11-9-18(10-12-19)17-7-5-4-6-8-17)23-15-22(30)20(16-26)21-13-14-27-29(21)23/h4-15,30H,1-3H3. The Morgan fingerprint density at radius 2 is 1.72 bits per heavy atom. The molecule has 0 aliphatic rings. The summed E-state index contributed by atoms with van der Waals surface area (Å²) >= 11 is 0. The van der Waals surface area contributed by atoms with Crippen LogP contribution in [0.5, 0.6) is 5.75 Å². The van der Waals surface area contributed by atoms with E-state index in [-0.39, 0.29) is 17.1 Å². The van der Waals surface area contributed by atoms with Crippen molar-refractivity contribution in [3.05, 3.63) is 78.5 Å². The van der Waals surface area contributed by atoms with Crippen LogP contribution >= 0.6 is 0 Å². The van der Waals surface area contributed by atoms with Crippen molar-refractivity contribution in [1.82, 2.24) is 9.61 Å². The largest absolute Gasteiger partial charge is 0.506 e. The average molecular weight is 426 g/mol. The van der Waals surface area contributed by atoms with Gasteiger partial charge in [-0.2, -0.15) is 10.4 Å². The van der Waals surface area contributed by atoms with Crippen molar-refractivity contribution >= 4 is 23.1 Å². The molecular formula is C25H22N4O3. The Labute approximate surface area is 185 Å². The Hall–Kier alpha value is -4.31. The van der Waals surface area contributed by atoms with Crippen molar-refractivity contribution < 1.29 is 14.6 Å². The molecule has 2 aromatic carbocycles. The first-order valence-corrected chi connectivity index (χ1v) is 10.1. The third-order valence-electron chi connectivity index (χ3n) is 4.79. The second-order valence-corrected chi connectivity index (χ2v) is 8.23. The molecule has 7 nitrogen and oxygen atoms in total. The van der Waals surface area contributed by atoms with Crippen LogP contribution in [0.3, 0.4) is 0 Å². The van der Waals surface area contributed by atoms with Crippen LogP contribution in [0.1, 0.15) is 26.3 Å². The molecule has 0 unspecified atom stereocenters. The van der Waals surface area contributed by atoms with Crippen LogP contribution < -0.4 is 4.90 Å². The molecule has 160 valence electrons. The smallest absolute Gasteiger partial charge is 0.420 e. The number of aromatic hydroxyl groups is 1. The normalized spacial score (nSPS) is 11.2. The van der Waals surface area contributed by atoms with Crippen molar-refractivity contribution in [3.8, 4) is 22.9 Å². The molecule has 0 saturated heterocycles. The Bertz CT molecular complexity index is 1310.